The average Bonchev–Trinajstić information content (AvgIpc) is 3.10. The number of allylic oxidation sites excluding steroid dienone is 14. The Balaban J connectivity index is 1.95. The number of rotatable bonds is 11. The van der Waals surface area contributed by atoms with Crippen LogP contribution in [0.25, 0.3) is 32.3 Å². The Labute approximate surface area is 275 Å². The lowest BCUT2D eigenvalue weighted by Crippen LogP contribution is -2.21. The summed E-state index contributed by atoms with van der Waals surface area (Å²) >= 11 is 0. The van der Waals surface area contributed by atoms with Gasteiger partial charge in [0.1, 0.15) is 0 Å². The molecule has 230 valence electrons. The van der Waals surface area contributed by atoms with Gasteiger partial charge in [0.05, 0.1) is 11.4 Å². The second-order valence-corrected chi connectivity index (χ2v) is 11.1. The molecule has 1 aliphatic rings. The monoisotopic (exact) mass is 600 g/mol. The molecule has 0 saturated heterocycles. The highest BCUT2D eigenvalue weighted by Crippen LogP contribution is 2.44. The van der Waals surface area contributed by atoms with E-state index in [-0.39, 0.29) is 0 Å². The maximum atomic E-state index is 4.22. The summed E-state index contributed by atoms with van der Waals surface area (Å²) in [6, 6.07) is 22.3. The molecule has 0 heterocycles. The molecule has 0 aromatic heterocycles. The molecule has 0 unspecified atom stereocenters. The zero-order valence-corrected chi connectivity index (χ0v) is 27.6. The molecule has 0 radical (unpaired) electrons. The number of fused-ring (bicyclic) bond motifs is 5. The number of hydrogen-bond acceptors (Lipinski definition) is 2. The molecule has 5 rings (SSSR count). The van der Waals surface area contributed by atoms with Crippen LogP contribution < -0.4 is 9.80 Å². The summed E-state index contributed by atoms with van der Waals surface area (Å²) in [5.74, 6) is 0. The summed E-state index contributed by atoms with van der Waals surface area (Å²) in [5, 5.41) is 7.18. The summed E-state index contributed by atoms with van der Waals surface area (Å²) in [4.78, 5) is 4.70. The second kappa shape index (κ2) is 15.1. The van der Waals surface area contributed by atoms with Crippen molar-refractivity contribution in [3.63, 3.8) is 0 Å². The van der Waals surface area contributed by atoms with Gasteiger partial charge < -0.3 is 9.80 Å². The zero-order chi connectivity index (χ0) is 32.5. The first-order valence-electron chi connectivity index (χ1n) is 16.2. The number of hydrogen-bond donors (Lipinski definition) is 0. The Kier molecular flexibility index (Phi) is 10.5. The maximum Gasteiger partial charge on any atom is 0.0546 e. The van der Waals surface area contributed by atoms with Crippen molar-refractivity contribution >= 4 is 43.7 Å². The van der Waals surface area contributed by atoms with Gasteiger partial charge in [0.2, 0.25) is 0 Å². The van der Waals surface area contributed by atoms with Crippen LogP contribution in [-0.2, 0) is 0 Å². The highest BCUT2D eigenvalue weighted by molar-refractivity contribution is 6.24. The molecule has 0 aliphatic heterocycles. The molecule has 2 heteroatoms. The molecule has 0 amide bonds. The SMILES string of the molecule is C=C/C=C(\C=C/C)N(C1=CCCC=C1)c1cc2c3ccccc3c(N(/C(C=C)=C/C=C\C)C(/C=C\C)=C/C)cc2c2ccccc12. The maximum absolute atomic E-state index is 4.22. The Morgan fingerprint density at radius 1 is 0.652 bits per heavy atom. The van der Waals surface area contributed by atoms with Crippen molar-refractivity contribution < 1.29 is 0 Å². The molecule has 2 nitrogen and oxygen atoms in total. The van der Waals surface area contributed by atoms with Crippen molar-refractivity contribution in [3.8, 4) is 0 Å². The molecule has 1 aliphatic carbocycles. The van der Waals surface area contributed by atoms with Gasteiger partial charge in [-0.15, -0.1) is 0 Å². The Hall–Kier alpha value is -5.34. The molecule has 0 bridgehead atoms. The topological polar surface area (TPSA) is 6.48 Å². The summed E-state index contributed by atoms with van der Waals surface area (Å²) in [5.41, 5.74) is 6.57. The van der Waals surface area contributed by atoms with Crippen LogP contribution in [0, 0.1) is 0 Å². The lowest BCUT2D eigenvalue weighted by Gasteiger charge is -2.31. The van der Waals surface area contributed by atoms with Gasteiger partial charge in [-0.25, -0.2) is 0 Å². The molecule has 0 saturated carbocycles. The van der Waals surface area contributed by atoms with E-state index < -0.39 is 0 Å². The van der Waals surface area contributed by atoms with Crippen molar-refractivity contribution in [2.75, 3.05) is 9.80 Å². The standard InChI is InChI=1S/C44H44N2/c1-7-13-24-34(12-6)45(33(11-5)21-8-2)43-31-41-38-28-18-20-30-40(38)44(32-42(41)37-27-17-19-29-39(37)43)46(35(22-9-3)23-10-4)36-25-15-14-16-26-36/h7-13,15,17-32H,3,6,14,16H2,1-2,4-5H3/b13-7-,21-8-,23-10-,33-11+,34-24+,35-22+. The quantitative estimate of drug-likeness (QED) is 0.125. The summed E-state index contributed by atoms with van der Waals surface area (Å²) < 4.78 is 0. The van der Waals surface area contributed by atoms with Gasteiger partial charge in [-0.05, 0) is 111 Å². The molecule has 0 atom stereocenters. The second-order valence-electron chi connectivity index (χ2n) is 11.1. The van der Waals surface area contributed by atoms with Crippen molar-refractivity contribution in [1.29, 1.82) is 0 Å². The molecule has 4 aromatic rings. The largest absolute Gasteiger partial charge is 0.310 e. The third-order valence-electron chi connectivity index (χ3n) is 8.26. The van der Waals surface area contributed by atoms with Crippen LogP contribution in [0.2, 0.25) is 0 Å². The van der Waals surface area contributed by atoms with E-state index in [9.17, 15) is 0 Å². The van der Waals surface area contributed by atoms with Crippen LogP contribution in [0.15, 0.2) is 182 Å². The van der Waals surface area contributed by atoms with Gasteiger partial charge in [-0.1, -0.05) is 110 Å². The highest BCUT2D eigenvalue weighted by Gasteiger charge is 2.22. The van der Waals surface area contributed by atoms with Gasteiger partial charge in [0, 0.05) is 33.6 Å². The lowest BCUT2D eigenvalue weighted by atomic mass is 9.93. The molecular formula is C44H44N2. The smallest absolute Gasteiger partial charge is 0.0546 e. The van der Waals surface area contributed by atoms with E-state index >= 15 is 0 Å². The predicted octanol–water partition coefficient (Wildman–Crippen LogP) is 12.8. The molecule has 4 aromatic carbocycles. The minimum Gasteiger partial charge on any atom is -0.310 e. The fraction of sp³-hybridized carbons (Fsp3) is 0.136. The number of anilines is 2. The van der Waals surface area contributed by atoms with E-state index in [4.69, 9.17) is 0 Å². The van der Waals surface area contributed by atoms with Crippen LogP contribution in [0.1, 0.15) is 40.5 Å². The van der Waals surface area contributed by atoms with E-state index in [0.29, 0.717) is 0 Å². The number of benzene rings is 4. The zero-order valence-electron chi connectivity index (χ0n) is 27.6. The summed E-state index contributed by atoms with van der Waals surface area (Å²) in [6.07, 6.45) is 31.7. The van der Waals surface area contributed by atoms with Crippen molar-refractivity contribution in [2.24, 2.45) is 0 Å². The van der Waals surface area contributed by atoms with Gasteiger partial charge >= 0.3 is 0 Å². The van der Waals surface area contributed by atoms with Crippen LogP contribution in [0.3, 0.4) is 0 Å². The van der Waals surface area contributed by atoms with Gasteiger partial charge in [0.25, 0.3) is 0 Å². The van der Waals surface area contributed by atoms with Gasteiger partial charge in [0.15, 0.2) is 0 Å². The number of nitrogens with zero attached hydrogens (tertiary/aromatic N) is 2. The predicted molar refractivity (Wildman–Crippen MR) is 205 cm³/mol. The van der Waals surface area contributed by atoms with E-state index in [1.54, 1.807) is 0 Å². The Bertz CT molecular complexity index is 2020. The molecule has 0 spiro atoms. The summed E-state index contributed by atoms with van der Waals surface area (Å²) in [7, 11) is 0. The first kappa shape index (κ1) is 32.1. The van der Waals surface area contributed by atoms with Crippen molar-refractivity contribution in [2.45, 2.75) is 40.5 Å². The van der Waals surface area contributed by atoms with Gasteiger partial charge in [-0.3, -0.25) is 0 Å². The highest BCUT2D eigenvalue weighted by atomic mass is 15.2. The third-order valence-corrected chi connectivity index (χ3v) is 8.26. The van der Waals surface area contributed by atoms with Crippen LogP contribution in [0.4, 0.5) is 11.4 Å². The lowest BCUT2D eigenvalue weighted by molar-refractivity contribution is 0.988. The Morgan fingerprint density at radius 2 is 1.26 bits per heavy atom. The van der Waals surface area contributed by atoms with Crippen molar-refractivity contribution in [1.82, 2.24) is 0 Å². The minimum atomic E-state index is 1.00. The molecule has 46 heavy (non-hydrogen) atoms. The molecule has 0 N–H and O–H groups in total. The van der Waals surface area contributed by atoms with E-state index in [2.05, 4.69) is 171 Å². The van der Waals surface area contributed by atoms with E-state index in [0.717, 1.165) is 41.3 Å². The first-order chi connectivity index (χ1) is 22.6. The van der Waals surface area contributed by atoms with Crippen LogP contribution in [-0.4, -0.2) is 0 Å². The van der Waals surface area contributed by atoms with Crippen molar-refractivity contribution in [3.05, 3.63) is 182 Å². The normalized spacial score (nSPS) is 14.7. The van der Waals surface area contributed by atoms with E-state index in [1.165, 1.54) is 38.0 Å². The van der Waals surface area contributed by atoms with Gasteiger partial charge in [-0.2, -0.15) is 0 Å². The Morgan fingerprint density at radius 3 is 1.80 bits per heavy atom. The fourth-order valence-electron chi connectivity index (χ4n) is 6.30. The minimum absolute atomic E-state index is 1.00. The summed E-state index contributed by atoms with van der Waals surface area (Å²) in [6.45, 7) is 16.5. The van der Waals surface area contributed by atoms with E-state index in [1.807, 2.05) is 25.2 Å². The third kappa shape index (κ3) is 6.25. The molecular weight excluding hydrogens is 556 g/mol. The molecule has 0 fully saturated rings. The van der Waals surface area contributed by atoms with Crippen LogP contribution in [0.5, 0.6) is 0 Å². The first-order valence-corrected chi connectivity index (χ1v) is 16.2. The van der Waals surface area contributed by atoms with Crippen LogP contribution >= 0.6 is 0 Å². The fourth-order valence-corrected chi connectivity index (χ4v) is 6.30. The average molecular weight is 601 g/mol.